The molecule has 2 saturated carbocycles. The number of aliphatic hydroxyl groups is 2. The molecule has 40 heavy (non-hydrogen) atoms. The lowest BCUT2D eigenvalue weighted by molar-refractivity contribution is 0.0235. The summed E-state index contributed by atoms with van der Waals surface area (Å²) in [4.78, 5) is 26.6. The Kier molecular flexibility index (Phi) is 6.25. The molecule has 3 N–H and O–H groups in total. The molecule has 0 unspecified atom stereocenters. The number of nitrogens with zero attached hydrogens (tertiary/aromatic N) is 5. The van der Waals surface area contributed by atoms with Gasteiger partial charge in [0.05, 0.1) is 17.8 Å². The molecule has 10 heteroatoms. The van der Waals surface area contributed by atoms with Crippen molar-refractivity contribution in [2.24, 2.45) is 0 Å². The van der Waals surface area contributed by atoms with Gasteiger partial charge in [-0.25, -0.2) is 4.68 Å². The highest BCUT2D eigenvalue weighted by molar-refractivity contribution is 5.95. The zero-order valence-corrected chi connectivity index (χ0v) is 22.0. The summed E-state index contributed by atoms with van der Waals surface area (Å²) in [7, 11) is 1.60. The van der Waals surface area contributed by atoms with Crippen LogP contribution in [0.15, 0.2) is 47.5 Å². The number of likely N-dealkylation sites (N-methyl/N-ethyl adjacent to an activating group) is 1. The summed E-state index contributed by atoms with van der Waals surface area (Å²) in [5, 5.41) is 40.8. The molecule has 3 aliphatic rings. The fraction of sp³-hybridized carbons (Fsp3) is 0.400. The van der Waals surface area contributed by atoms with E-state index < -0.39 is 40.4 Å². The van der Waals surface area contributed by atoms with E-state index in [2.05, 4.69) is 28.8 Å². The number of aromatic nitrogens is 4. The number of rotatable bonds is 3. The van der Waals surface area contributed by atoms with Crippen molar-refractivity contribution in [3.05, 3.63) is 75.5 Å². The molecule has 204 valence electrons. The van der Waals surface area contributed by atoms with E-state index in [1.165, 1.54) is 9.58 Å². The maximum Gasteiger partial charge on any atom is 0.275 e. The Hall–Kier alpha value is -4.38. The predicted molar refractivity (Wildman–Crippen MR) is 144 cm³/mol. The van der Waals surface area contributed by atoms with Crippen molar-refractivity contribution < 1.29 is 20.1 Å². The van der Waals surface area contributed by atoms with Crippen molar-refractivity contribution in [1.82, 2.24) is 24.5 Å². The Balaban J connectivity index is 1.51. The Morgan fingerprint density at radius 3 is 2.27 bits per heavy atom. The molecule has 1 amide bonds. The second-order valence-corrected chi connectivity index (χ2v) is 10.9. The average Bonchev–Trinajstić information content (AvgIpc) is 3.31. The topological polar surface area (TPSA) is 134 Å². The minimum atomic E-state index is -1.04. The monoisotopic (exact) mass is 539 g/mol. The maximum atomic E-state index is 13.0. The first kappa shape index (κ1) is 25.9. The molecule has 1 aliphatic heterocycles. The summed E-state index contributed by atoms with van der Waals surface area (Å²) in [6, 6.07) is 8.42. The first-order valence-electron chi connectivity index (χ1n) is 13.4. The molecule has 2 aliphatic carbocycles. The van der Waals surface area contributed by atoms with Gasteiger partial charge in [-0.3, -0.25) is 14.3 Å². The molecule has 3 heterocycles. The highest BCUT2D eigenvalue weighted by atomic mass is 16.3. The summed E-state index contributed by atoms with van der Waals surface area (Å²) in [6.07, 6.45) is 6.98. The number of hydrogen-bond acceptors (Lipinski definition) is 7. The smallest absolute Gasteiger partial charge is 0.275 e. The minimum Gasteiger partial charge on any atom is -0.502 e. The summed E-state index contributed by atoms with van der Waals surface area (Å²) >= 11 is 0. The van der Waals surface area contributed by atoms with Crippen molar-refractivity contribution in [3.8, 4) is 29.4 Å². The van der Waals surface area contributed by atoms with Gasteiger partial charge in [0, 0.05) is 19.8 Å². The second kappa shape index (κ2) is 9.67. The van der Waals surface area contributed by atoms with Crippen LogP contribution in [-0.4, -0.2) is 70.5 Å². The molecule has 3 aromatic rings. The van der Waals surface area contributed by atoms with Gasteiger partial charge in [0.15, 0.2) is 17.1 Å². The van der Waals surface area contributed by atoms with Gasteiger partial charge in [0.1, 0.15) is 17.2 Å². The zero-order chi connectivity index (χ0) is 28.1. The van der Waals surface area contributed by atoms with E-state index >= 15 is 0 Å². The number of amides is 1. The molecule has 2 aromatic heterocycles. The van der Waals surface area contributed by atoms with Crippen LogP contribution in [-0.2, 0) is 0 Å². The van der Waals surface area contributed by atoms with Crippen LogP contribution in [0, 0.1) is 23.7 Å². The summed E-state index contributed by atoms with van der Waals surface area (Å²) in [6.45, 7) is 0.224. The highest BCUT2D eigenvalue weighted by Gasteiger charge is 2.39. The Labute approximate surface area is 230 Å². The third kappa shape index (κ3) is 4.56. The first-order valence-corrected chi connectivity index (χ1v) is 13.4. The van der Waals surface area contributed by atoms with Gasteiger partial charge in [0.2, 0.25) is 5.43 Å². The molecule has 0 bridgehead atoms. The van der Waals surface area contributed by atoms with Gasteiger partial charge < -0.3 is 20.2 Å². The summed E-state index contributed by atoms with van der Waals surface area (Å²) < 4.78 is 3.09. The average molecular weight is 540 g/mol. The molecular formula is C30H29N5O5. The summed E-state index contributed by atoms with van der Waals surface area (Å²) in [5.41, 5.74) is -1.27. The van der Waals surface area contributed by atoms with Crippen LogP contribution in [0.3, 0.4) is 0 Å². The van der Waals surface area contributed by atoms with Gasteiger partial charge in [-0.15, -0.1) is 0 Å². The molecule has 6 rings (SSSR count). The van der Waals surface area contributed by atoms with Crippen LogP contribution in [0.5, 0.6) is 5.75 Å². The lowest BCUT2D eigenvalue weighted by Crippen LogP contribution is -2.46. The van der Waals surface area contributed by atoms with E-state index in [1.54, 1.807) is 17.9 Å². The standard InChI is InChI=1S/C30H29N5O5/c1-33-19-23(35-26(28(33)38)27(37)24(36)17-31-35)25(20-7-3-2-4-8-20)34-18-21(9-15-29(39)11-5-12-29)22(32-34)10-16-30(40)13-6-14-30/h2-4,7-8,17-18,23,25,37,39-40H,5-6,11-14,19H2,1H3/t23-,25+/m1/s1. The lowest BCUT2D eigenvalue weighted by Gasteiger charge is -2.37. The quantitative estimate of drug-likeness (QED) is 0.431. The highest BCUT2D eigenvalue weighted by Crippen LogP contribution is 2.36. The van der Waals surface area contributed by atoms with Crippen LogP contribution in [0.25, 0.3) is 0 Å². The predicted octanol–water partition coefficient (Wildman–Crippen LogP) is 1.59. The van der Waals surface area contributed by atoms with Crippen LogP contribution in [0.1, 0.15) is 77.9 Å². The van der Waals surface area contributed by atoms with E-state index in [9.17, 15) is 24.9 Å². The van der Waals surface area contributed by atoms with Gasteiger partial charge in [0.25, 0.3) is 5.91 Å². The Morgan fingerprint density at radius 1 is 1.00 bits per heavy atom. The molecule has 1 aromatic carbocycles. The second-order valence-electron chi connectivity index (χ2n) is 10.9. The normalized spacial score (nSPS) is 21.0. The fourth-order valence-corrected chi connectivity index (χ4v) is 5.32. The fourth-order valence-electron chi connectivity index (χ4n) is 5.32. The van der Waals surface area contributed by atoms with E-state index in [4.69, 9.17) is 5.10 Å². The molecular weight excluding hydrogens is 510 g/mol. The van der Waals surface area contributed by atoms with E-state index in [1.807, 2.05) is 30.3 Å². The van der Waals surface area contributed by atoms with Crippen LogP contribution >= 0.6 is 0 Å². The number of carbonyl (C=O) groups excluding carboxylic acids is 1. The van der Waals surface area contributed by atoms with Crippen molar-refractivity contribution in [2.75, 3.05) is 13.6 Å². The first-order chi connectivity index (χ1) is 19.2. The maximum absolute atomic E-state index is 13.0. The third-order valence-corrected chi connectivity index (χ3v) is 8.04. The largest absolute Gasteiger partial charge is 0.502 e. The van der Waals surface area contributed by atoms with Gasteiger partial charge in [-0.1, -0.05) is 48.1 Å². The zero-order valence-electron chi connectivity index (χ0n) is 22.0. The molecule has 0 saturated heterocycles. The summed E-state index contributed by atoms with van der Waals surface area (Å²) in [5.74, 6) is 10.9. The SMILES string of the molecule is CN1C[C@H]([C@H](c2ccccc2)n2cc(C#CC3(O)CCC3)c(C#CC3(O)CCC3)n2)n2ncc(=O)c(O)c2C1=O. The number of hydrogen-bond donors (Lipinski definition) is 3. The number of benzene rings is 1. The van der Waals surface area contributed by atoms with Crippen molar-refractivity contribution >= 4 is 5.91 Å². The molecule has 0 radical (unpaired) electrons. The van der Waals surface area contributed by atoms with Crippen molar-refractivity contribution in [1.29, 1.82) is 0 Å². The van der Waals surface area contributed by atoms with Crippen molar-refractivity contribution in [3.63, 3.8) is 0 Å². The Bertz CT molecular complexity index is 1610. The van der Waals surface area contributed by atoms with Gasteiger partial charge in [-0.2, -0.15) is 10.2 Å². The van der Waals surface area contributed by atoms with Crippen LogP contribution in [0.2, 0.25) is 0 Å². The lowest BCUT2D eigenvalue weighted by atomic mass is 9.80. The molecule has 2 fully saturated rings. The van der Waals surface area contributed by atoms with E-state index in [-0.39, 0.29) is 12.2 Å². The van der Waals surface area contributed by atoms with E-state index in [0.29, 0.717) is 36.9 Å². The Morgan fingerprint density at radius 2 is 1.65 bits per heavy atom. The van der Waals surface area contributed by atoms with Crippen LogP contribution < -0.4 is 5.43 Å². The molecule has 0 spiro atoms. The molecule has 10 nitrogen and oxygen atoms in total. The van der Waals surface area contributed by atoms with Gasteiger partial charge in [-0.05, 0) is 50.0 Å². The van der Waals surface area contributed by atoms with Crippen molar-refractivity contribution in [2.45, 2.75) is 61.8 Å². The minimum absolute atomic E-state index is 0.182. The molecule has 2 atom stereocenters. The third-order valence-electron chi connectivity index (χ3n) is 8.04. The number of carbonyl (C=O) groups is 1. The number of aromatic hydroxyl groups is 1. The number of fused-ring (bicyclic) bond motifs is 1. The van der Waals surface area contributed by atoms with E-state index in [0.717, 1.165) is 24.6 Å². The van der Waals surface area contributed by atoms with Gasteiger partial charge >= 0.3 is 0 Å². The van der Waals surface area contributed by atoms with Crippen LogP contribution in [0.4, 0.5) is 0 Å².